The molecule has 1 heterocycles. The van der Waals surface area contributed by atoms with Crippen LogP contribution in [0.15, 0.2) is 91.0 Å². The molecule has 0 spiro atoms. The number of hydrogen-bond donors (Lipinski definition) is 1. The second kappa shape index (κ2) is 8.40. The molecule has 33 heavy (non-hydrogen) atoms. The highest BCUT2D eigenvalue weighted by molar-refractivity contribution is 6.04. The van der Waals surface area contributed by atoms with Crippen molar-refractivity contribution in [1.29, 1.82) is 0 Å². The molecule has 162 valence electrons. The van der Waals surface area contributed by atoms with Gasteiger partial charge in [0.2, 0.25) is 0 Å². The van der Waals surface area contributed by atoms with E-state index in [0.29, 0.717) is 5.69 Å². The average Bonchev–Trinajstić information content (AvgIpc) is 3.27. The molecule has 0 saturated heterocycles. The van der Waals surface area contributed by atoms with Gasteiger partial charge in [-0.3, -0.25) is 4.79 Å². The van der Waals surface area contributed by atoms with Crippen LogP contribution in [0.1, 0.15) is 27.2 Å². The van der Waals surface area contributed by atoms with Gasteiger partial charge in [0.25, 0.3) is 5.91 Å². The van der Waals surface area contributed by atoms with E-state index in [1.54, 1.807) is 0 Å². The molecule has 0 aliphatic rings. The molecule has 5 rings (SSSR count). The first-order chi connectivity index (χ1) is 16.0. The number of fused-ring (bicyclic) bond motifs is 1. The summed E-state index contributed by atoms with van der Waals surface area (Å²) in [4.78, 5) is 13.2. The Morgan fingerprint density at radius 2 is 1.48 bits per heavy atom. The number of amides is 1. The van der Waals surface area contributed by atoms with Crippen LogP contribution >= 0.6 is 0 Å². The van der Waals surface area contributed by atoms with Gasteiger partial charge in [0.1, 0.15) is 0 Å². The zero-order chi connectivity index (χ0) is 22.9. The summed E-state index contributed by atoms with van der Waals surface area (Å²) >= 11 is 0. The summed E-state index contributed by atoms with van der Waals surface area (Å²) in [7, 11) is 0. The molecule has 4 nitrogen and oxygen atoms in total. The van der Waals surface area contributed by atoms with Gasteiger partial charge in [0.15, 0.2) is 5.69 Å². The molecule has 0 aliphatic carbocycles. The van der Waals surface area contributed by atoms with Gasteiger partial charge in [0, 0.05) is 11.3 Å². The maximum atomic E-state index is 13.2. The minimum atomic E-state index is -0.227. The van der Waals surface area contributed by atoms with Gasteiger partial charge in [-0.25, -0.2) is 4.68 Å². The Bertz CT molecular complexity index is 1480. The normalized spacial score (nSPS) is 11.0. The third-order valence-corrected chi connectivity index (χ3v) is 5.90. The first kappa shape index (κ1) is 20.7. The lowest BCUT2D eigenvalue weighted by Crippen LogP contribution is -2.14. The maximum Gasteiger partial charge on any atom is 0.276 e. The van der Waals surface area contributed by atoms with Crippen LogP contribution in [0.2, 0.25) is 0 Å². The molecule has 1 amide bonds. The molecule has 0 unspecified atom stereocenters. The van der Waals surface area contributed by atoms with E-state index in [0.717, 1.165) is 39.1 Å². The highest BCUT2D eigenvalue weighted by Crippen LogP contribution is 2.28. The summed E-state index contributed by atoms with van der Waals surface area (Å²) in [5.41, 5.74) is 7.31. The molecule has 0 bridgehead atoms. The van der Waals surface area contributed by atoms with Crippen LogP contribution in [0.5, 0.6) is 0 Å². The molecule has 1 N–H and O–H groups in total. The Kier molecular flexibility index (Phi) is 5.27. The molecule has 0 radical (unpaired) electrons. The predicted molar refractivity (Wildman–Crippen MR) is 135 cm³/mol. The second-order valence-electron chi connectivity index (χ2n) is 8.50. The molecule has 0 aliphatic heterocycles. The molecule has 4 heteroatoms. The Morgan fingerprint density at radius 1 is 0.758 bits per heavy atom. The van der Waals surface area contributed by atoms with Gasteiger partial charge < -0.3 is 5.32 Å². The number of hydrogen-bond acceptors (Lipinski definition) is 2. The number of aryl methyl sites for hydroxylation is 3. The number of nitrogens with one attached hydrogen (secondary N) is 1. The average molecular weight is 432 g/mol. The molecule has 0 saturated carbocycles. The summed E-state index contributed by atoms with van der Waals surface area (Å²) in [5, 5.41) is 10.1. The van der Waals surface area contributed by atoms with Crippen LogP contribution in [-0.4, -0.2) is 15.7 Å². The van der Waals surface area contributed by atoms with Crippen LogP contribution in [0, 0.1) is 20.8 Å². The molecular formula is C29H25N3O. The molecular weight excluding hydrogens is 406 g/mol. The second-order valence-corrected chi connectivity index (χ2v) is 8.50. The fraction of sp³-hybridized carbons (Fsp3) is 0.103. The highest BCUT2D eigenvalue weighted by atomic mass is 16.2. The van der Waals surface area contributed by atoms with Crippen molar-refractivity contribution in [2.24, 2.45) is 0 Å². The zero-order valence-corrected chi connectivity index (χ0v) is 19.0. The van der Waals surface area contributed by atoms with E-state index >= 15 is 0 Å². The summed E-state index contributed by atoms with van der Waals surface area (Å²) in [6.45, 7) is 6.09. The zero-order valence-electron chi connectivity index (χ0n) is 19.0. The fourth-order valence-electron chi connectivity index (χ4n) is 4.07. The van der Waals surface area contributed by atoms with E-state index in [1.165, 1.54) is 10.9 Å². The number of nitrogens with zero attached hydrogens (tertiary/aromatic N) is 2. The van der Waals surface area contributed by atoms with Gasteiger partial charge in [-0.05, 0) is 67.4 Å². The predicted octanol–water partition coefficient (Wildman–Crippen LogP) is 6.87. The van der Waals surface area contributed by atoms with Crippen LogP contribution in [0.4, 0.5) is 5.69 Å². The Hall–Kier alpha value is -4.18. The number of benzene rings is 4. The smallest absolute Gasteiger partial charge is 0.276 e. The minimum Gasteiger partial charge on any atom is -0.320 e. The Balaban J connectivity index is 1.59. The molecule has 0 atom stereocenters. The van der Waals surface area contributed by atoms with Crippen molar-refractivity contribution in [3.05, 3.63) is 113 Å². The molecule has 4 aromatic carbocycles. The van der Waals surface area contributed by atoms with Crippen molar-refractivity contribution in [3.63, 3.8) is 0 Å². The van der Waals surface area contributed by atoms with Gasteiger partial charge in [-0.2, -0.15) is 5.10 Å². The molecule has 1 aromatic heterocycles. The third-order valence-electron chi connectivity index (χ3n) is 5.90. The first-order valence-electron chi connectivity index (χ1n) is 11.0. The third kappa shape index (κ3) is 4.15. The number of carbonyl (C=O) groups is 1. The lowest BCUT2D eigenvalue weighted by atomic mass is 10.0. The van der Waals surface area contributed by atoms with Crippen molar-refractivity contribution in [2.45, 2.75) is 20.8 Å². The van der Waals surface area contributed by atoms with Gasteiger partial charge >= 0.3 is 0 Å². The van der Waals surface area contributed by atoms with Gasteiger partial charge in [0.05, 0.1) is 11.4 Å². The van der Waals surface area contributed by atoms with Crippen LogP contribution in [-0.2, 0) is 0 Å². The molecule has 5 aromatic rings. The standard InChI is InChI=1S/C29H25N3O/c1-19-8-13-25(14-9-19)32-28(24-12-11-22-6-4-5-7-23(22)17-24)18-27(31-32)29(33)30-26-15-10-20(2)16-21(26)3/h4-18H,1-3H3,(H,30,33). The fourth-order valence-corrected chi connectivity index (χ4v) is 4.07. The van der Waals surface area contributed by atoms with Crippen molar-refractivity contribution in [3.8, 4) is 16.9 Å². The summed E-state index contributed by atoms with van der Waals surface area (Å²) < 4.78 is 1.85. The van der Waals surface area contributed by atoms with Gasteiger partial charge in [-0.15, -0.1) is 0 Å². The lowest BCUT2D eigenvalue weighted by Gasteiger charge is -2.09. The van der Waals surface area contributed by atoms with Crippen molar-refractivity contribution in [2.75, 3.05) is 5.32 Å². The lowest BCUT2D eigenvalue weighted by molar-refractivity contribution is 0.102. The van der Waals surface area contributed by atoms with Crippen molar-refractivity contribution < 1.29 is 4.79 Å². The monoisotopic (exact) mass is 431 g/mol. The summed E-state index contributed by atoms with van der Waals surface area (Å²) in [5.74, 6) is -0.227. The first-order valence-corrected chi connectivity index (χ1v) is 11.0. The van der Waals surface area contributed by atoms with E-state index in [4.69, 9.17) is 5.10 Å². The van der Waals surface area contributed by atoms with Crippen LogP contribution in [0.25, 0.3) is 27.7 Å². The SMILES string of the molecule is Cc1ccc(-n2nc(C(=O)Nc3ccc(C)cc3C)cc2-c2ccc3ccccc3c2)cc1. The number of anilines is 1. The summed E-state index contributed by atoms with van der Waals surface area (Å²) in [6.07, 6.45) is 0. The molecule has 0 fully saturated rings. The van der Waals surface area contributed by atoms with Gasteiger partial charge in [-0.1, -0.05) is 71.8 Å². The summed E-state index contributed by atoms with van der Waals surface area (Å²) in [6, 6.07) is 30.6. The van der Waals surface area contributed by atoms with E-state index in [2.05, 4.69) is 60.8 Å². The van der Waals surface area contributed by atoms with E-state index in [9.17, 15) is 4.79 Å². The largest absolute Gasteiger partial charge is 0.320 e. The Morgan fingerprint density at radius 3 is 2.24 bits per heavy atom. The minimum absolute atomic E-state index is 0.227. The quantitative estimate of drug-likeness (QED) is 0.337. The van der Waals surface area contributed by atoms with Crippen LogP contribution < -0.4 is 5.32 Å². The van der Waals surface area contributed by atoms with E-state index in [1.807, 2.05) is 61.0 Å². The topological polar surface area (TPSA) is 46.9 Å². The maximum absolute atomic E-state index is 13.2. The van der Waals surface area contributed by atoms with Crippen molar-refractivity contribution in [1.82, 2.24) is 9.78 Å². The number of rotatable bonds is 4. The van der Waals surface area contributed by atoms with Crippen LogP contribution in [0.3, 0.4) is 0 Å². The number of carbonyl (C=O) groups excluding carboxylic acids is 1. The van der Waals surface area contributed by atoms with E-state index in [-0.39, 0.29) is 5.91 Å². The Labute approximate surface area is 193 Å². The highest BCUT2D eigenvalue weighted by Gasteiger charge is 2.18. The van der Waals surface area contributed by atoms with E-state index < -0.39 is 0 Å². The van der Waals surface area contributed by atoms with Crippen molar-refractivity contribution >= 4 is 22.4 Å². The number of aromatic nitrogens is 2.